The van der Waals surface area contributed by atoms with Crippen molar-refractivity contribution in [3.05, 3.63) is 42.1 Å². The van der Waals surface area contributed by atoms with Crippen molar-refractivity contribution in [3.8, 4) is 5.69 Å². The van der Waals surface area contributed by atoms with Gasteiger partial charge in [0.1, 0.15) is 0 Å². The Balaban J connectivity index is 2.12. The first-order chi connectivity index (χ1) is 11.2. The van der Waals surface area contributed by atoms with Crippen LogP contribution in [0, 0.1) is 0 Å². The number of likely N-dealkylation sites (N-methyl/N-ethyl adjacent to an activating group) is 1. The molecule has 1 aromatic heterocycles. The molecule has 0 fully saturated rings. The van der Waals surface area contributed by atoms with E-state index in [0.717, 1.165) is 12.1 Å². The lowest BCUT2D eigenvalue weighted by Crippen LogP contribution is -2.36. The lowest BCUT2D eigenvalue weighted by molar-refractivity contribution is -0.137. The number of anilines is 1. The van der Waals surface area contributed by atoms with Crippen LogP contribution in [0.2, 0.25) is 0 Å². The highest BCUT2D eigenvalue weighted by Gasteiger charge is 2.30. The monoisotopic (exact) mass is 342 g/mol. The molecule has 0 aliphatic heterocycles. The van der Waals surface area contributed by atoms with E-state index in [1.54, 1.807) is 6.92 Å². The van der Waals surface area contributed by atoms with Crippen molar-refractivity contribution >= 4 is 11.8 Å². The fourth-order valence-corrected chi connectivity index (χ4v) is 2.04. The Kier molecular flexibility index (Phi) is 5.13. The molecule has 1 heterocycles. The summed E-state index contributed by atoms with van der Waals surface area (Å²) in [6.45, 7) is 1.69. The molecule has 2 N–H and O–H groups in total. The topological polar surface area (TPSA) is 70.4 Å². The van der Waals surface area contributed by atoms with E-state index in [2.05, 4.69) is 10.4 Å². The zero-order valence-corrected chi connectivity index (χ0v) is 13.1. The number of amides is 2. The first kappa shape index (κ1) is 17.8. The summed E-state index contributed by atoms with van der Waals surface area (Å²) >= 11 is 0. The highest BCUT2D eigenvalue weighted by Crippen LogP contribution is 2.30. The molecule has 2 amide bonds. The third-order valence-electron chi connectivity index (χ3n) is 3.15. The number of hydrogen-bond donors (Lipinski definition) is 2. The quantitative estimate of drug-likeness (QED) is 0.898. The molecule has 24 heavy (non-hydrogen) atoms. The van der Waals surface area contributed by atoms with Gasteiger partial charge in [-0.2, -0.15) is 13.2 Å². The van der Waals surface area contributed by atoms with E-state index < -0.39 is 23.9 Å². The van der Waals surface area contributed by atoms with E-state index in [0.29, 0.717) is 0 Å². The zero-order chi connectivity index (χ0) is 17.9. The average Bonchev–Trinajstić information content (AvgIpc) is 2.94. The van der Waals surface area contributed by atoms with Crippen molar-refractivity contribution < 1.29 is 23.1 Å². The van der Waals surface area contributed by atoms with Gasteiger partial charge >= 0.3 is 12.2 Å². The van der Waals surface area contributed by atoms with Crippen LogP contribution >= 0.6 is 0 Å². The van der Waals surface area contributed by atoms with Gasteiger partial charge in [-0.1, -0.05) is 6.07 Å². The molecule has 1 atom stereocenters. The number of aromatic nitrogens is 2. The molecular formula is C15H17F3N4O2. The lowest BCUT2D eigenvalue weighted by atomic mass is 10.2. The summed E-state index contributed by atoms with van der Waals surface area (Å²) in [4.78, 5) is 13.2. The number of nitrogens with one attached hydrogen (secondary N) is 1. The molecule has 6 nitrogen and oxygen atoms in total. The van der Waals surface area contributed by atoms with Crippen LogP contribution in [0.15, 0.2) is 36.5 Å². The predicted molar refractivity (Wildman–Crippen MR) is 81.9 cm³/mol. The summed E-state index contributed by atoms with van der Waals surface area (Å²) in [6.07, 6.45) is -3.67. The van der Waals surface area contributed by atoms with Crippen molar-refractivity contribution in [2.75, 3.05) is 18.9 Å². The Morgan fingerprint density at radius 2 is 2.12 bits per heavy atom. The van der Waals surface area contributed by atoms with Crippen LogP contribution in [0.5, 0.6) is 0 Å². The Morgan fingerprint density at radius 3 is 2.75 bits per heavy atom. The second-order valence-corrected chi connectivity index (χ2v) is 5.35. The number of rotatable bonds is 4. The number of benzene rings is 1. The van der Waals surface area contributed by atoms with Crippen LogP contribution in [-0.4, -0.2) is 45.5 Å². The summed E-state index contributed by atoms with van der Waals surface area (Å²) in [5, 5.41) is 15.8. The molecular weight excluding hydrogens is 325 g/mol. The fourth-order valence-electron chi connectivity index (χ4n) is 2.04. The third-order valence-corrected chi connectivity index (χ3v) is 3.15. The van der Waals surface area contributed by atoms with E-state index in [1.165, 1.54) is 41.0 Å². The third kappa shape index (κ3) is 4.48. The molecule has 1 aromatic carbocycles. The maximum atomic E-state index is 12.7. The molecule has 2 aromatic rings. The first-order valence-electron chi connectivity index (χ1n) is 7.10. The van der Waals surface area contributed by atoms with Gasteiger partial charge in [-0.05, 0) is 25.1 Å². The van der Waals surface area contributed by atoms with Gasteiger partial charge in [-0.25, -0.2) is 9.48 Å². The lowest BCUT2D eigenvalue weighted by Gasteiger charge is -2.18. The van der Waals surface area contributed by atoms with Gasteiger partial charge in [-0.3, -0.25) is 5.32 Å². The number of hydrogen-bond acceptors (Lipinski definition) is 3. The second kappa shape index (κ2) is 6.91. The van der Waals surface area contributed by atoms with Crippen molar-refractivity contribution in [3.63, 3.8) is 0 Å². The molecule has 130 valence electrons. The van der Waals surface area contributed by atoms with Crippen LogP contribution in [0.3, 0.4) is 0 Å². The standard InChI is InChI=1S/C15H17F3N4O2/c1-10(23)9-21(2)14(24)19-13-6-7-22(20-13)12-5-3-4-11(8-12)15(16,17)18/h3-8,10,23H,9H2,1-2H3,(H,19,20,24)/t10-/m1/s1. The van der Waals surface area contributed by atoms with Gasteiger partial charge < -0.3 is 10.0 Å². The van der Waals surface area contributed by atoms with Gasteiger partial charge in [0.2, 0.25) is 0 Å². The number of aliphatic hydroxyl groups is 1. The molecule has 0 bridgehead atoms. The summed E-state index contributed by atoms with van der Waals surface area (Å²) in [7, 11) is 1.51. The smallest absolute Gasteiger partial charge is 0.392 e. The van der Waals surface area contributed by atoms with E-state index in [1.807, 2.05) is 0 Å². The summed E-state index contributed by atoms with van der Waals surface area (Å²) < 4.78 is 39.5. The predicted octanol–water partition coefficient (Wildman–Crippen LogP) is 2.74. The minimum atomic E-state index is -4.44. The van der Waals surface area contributed by atoms with Crippen molar-refractivity contribution in [1.82, 2.24) is 14.7 Å². The molecule has 0 aliphatic rings. The zero-order valence-electron chi connectivity index (χ0n) is 13.1. The van der Waals surface area contributed by atoms with Gasteiger partial charge in [0.05, 0.1) is 17.4 Å². The number of urea groups is 1. The van der Waals surface area contributed by atoms with E-state index in [9.17, 15) is 23.1 Å². The van der Waals surface area contributed by atoms with E-state index in [-0.39, 0.29) is 18.1 Å². The second-order valence-electron chi connectivity index (χ2n) is 5.35. The van der Waals surface area contributed by atoms with Gasteiger partial charge in [0, 0.05) is 25.9 Å². The van der Waals surface area contributed by atoms with Crippen molar-refractivity contribution in [1.29, 1.82) is 0 Å². The Labute approximate surface area is 136 Å². The van der Waals surface area contributed by atoms with Crippen molar-refractivity contribution in [2.24, 2.45) is 0 Å². The van der Waals surface area contributed by atoms with Crippen LogP contribution < -0.4 is 5.32 Å². The molecule has 0 spiro atoms. The Bertz CT molecular complexity index is 713. The Morgan fingerprint density at radius 1 is 1.42 bits per heavy atom. The maximum absolute atomic E-state index is 12.7. The normalized spacial score (nSPS) is 12.8. The number of aliphatic hydroxyl groups excluding tert-OH is 1. The van der Waals surface area contributed by atoms with Crippen LogP contribution in [0.25, 0.3) is 5.69 Å². The SMILES string of the molecule is C[C@@H](O)CN(C)C(=O)Nc1ccn(-c2cccc(C(F)(F)F)c2)n1. The minimum Gasteiger partial charge on any atom is -0.392 e. The number of alkyl halides is 3. The summed E-state index contributed by atoms with van der Waals surface area (Å²) in [5.74, 6) is 0.190. The minimum absolute atomic E-state index is 0.139. The average molecular weight is 342 g/mol. The maximum Gasteiger partial charge on any atom is 0.416 e. The molecule has 0 saturated carbocycles. The highest BCUT2D eigenvalue weighted by atomic mass is 19.4. The number of carbonyl (C=O) groups is 1. The highest BCUT2D eigenvalue weighted by molar-refractivity contribution is 5.88. The number of carbonyl (C=O) groups excluding carboxylic acids is 1. The molecule has 0 aliphatic carbocycles. The summed E-state index contributed by atoms with van der Waals surface area (Å²) in [6, 6.07) is 5.69. The molecule has 0 saturated heterocycles. The molecule has 2 rings (SSSR count). The van der Waals surface area contributed by atoms with Crippen LogP contribution in [0.1, 0.15) is 12.5 Å². The molecule has 9 heteroatoms. The largest absolute Gasteiger partial charge is 0.416 e. The summed E-state index contributed by atoms with van der Waals surface area (Å²) in [5.41, 5.74) is -0.555. The Hall–Kier alpha value is -2.55. The van der Waals surface area contributed by atoms with Gasteiger partial charge in [0.15, 0.2) is 5.82 Å². The van der Waals surface area contributed by atoms with Gasteiger partial charge in [0.25, 0.3) is 0 Å². The van der Waals surface area contributed by atoms with Crippen molar-refractivity contribution in [2.45, 2.75) is 19.2 Å². The number of nitrogens with zero attached hydrogens (tertiary/aromatic N) is 3. The van der Waals surface area contributed by atoms with Crippen LogP contribution in [0.4, 0.5) is 23.8 Å². The molecule has 0 unspecified atom stereocenters. The first-order valence-corrected chi connectivity index (χ1v) is 7.10. The van der Waals surface area contributed by atoms with E-state index in [4.69, 9.17) is 0 Å². The molecule has 0 radical (unpaired) electrons. The van der Waals surface area contributed by atoms with Gasteiger partial charge in [-0.15, -0.1) is 5.10 Å². The fraction of sp³-hybridized carbons (Fsp3) is 0.333. The number of halogens is 3. The van der Waals surface area contributed by atoms with Crippen LogP contribution in [-0.2, 0) is 6.18 Å². The van der Waals surface area contributed by atoms with E-state index >= 15 is 0 Å².